The normalized spacial score (nSPS) is 16.0. The van der Waals surface area contributed by atoms with Crippen molar-refractivity contribution in [3.8, 4) is 0 Å². The van der Waals surface area contributed by atoms with E-state index in [2.05, 4.69) is 6.58 Å². The zero-order chi connectivity index (χ0) is 18.7. The van der Waals surface area contributed by atoms with Crippen LogP contribution in [0.25, 0.3) is 0 Å². The molecule has 1 rings (SSSR count). The zero-order valence-electron chi connectivity index (χ0n) is 15.9. The molecule has 4 heteroatoms. The molecule has 0 radical (unpaired) electrons. The van der Waals surface area contributed by atoms with Crippen molar-refractivity contribution >= 4 is 5.78 Å². The molecular weight excluding hydrogens is 316 g/mol. The van der Waals surface area contributed by atoms with Crippen LogP contribution in [0.15, 0.2) is 43.0 Å². The van der Waals surface area contributed by atoms with Crippen molar-refractivity contribution in [3.05, 3.63) is 48.6 Å². The molecule has 0 spiro atoms. The quantitative estimate of drug-likeness (QED) is 0.395. The van der Waals surface area contributed by atoms with Gasteiger partial charge in [0.15, 0.2) is 0 Å². The number of carbonyl (C=O) groups is 1. The number of hydrogen-bond acceptors (Lipinski definition) is 4. The van der Waals surface area contributed by atoms with Crippen molar-refractivity contribution in [1.29, 1.82) is 0 Å². The van der Waals surface area contributed by atoms with Crippen molar-refractivity contribution in [3.63, 3.8) is 0 Å². The highest BCUT2D eigenvalue weighted by Crippen LogP contribution is 2.23. The van der Waals surface area contributed by atoms with Gasteiger partial charge >= 0.3 is 0 Å². The van der Waals surface area contributed by atoms with Crippen LogP contribution in [0.1, 0.15) is 32.8 Å². The van der Waals surface area contributed by atoms with Crippen molar-refractivity contribution < 1.29 is 19.0 Å². The first-order valence-corrected chi connectivity index (χ1v) is 8.88. The summed E-state index contributed by atoms with van der Waals surface area (Å²) >= 11 is 0. The fourth-order valence-corrected chi connectivity index (χ4v) is 2.96. The average molecular weight is 348 g/mol. The smallest absolute Gasteiger partial charge is 0.146 e. The van der Waals surface area contributed by atoms with Crippen LogP contribution < -0.4 is 0 Å². The molecule has 25 heavy (non-hydrogen) atoms. The van der Waals surface area contributed by atoms with Crippen LogP contribution in [0.5, 0.6) is 0 Å². The predicted octanol–water partition coefficient (Wildman–Crippen LogP) is 4.25. The maximum Gasteiger partial charge on any atom is 0.146 e. The van der Waals surface area contributed by atoms with Crippen LogP contribution in [0.3, 0.4) is 0 Å². The van der Waals surface area contributed by atoms with Crippen LogP contribution in [0.4, 0.5) is 0 Å². The third-order valence-corrected chi connectivity index (χ3v) is 4.38. The van der Waals surface area contributed by atoms with E-state index in [1.807, 2.05) is 51.1 Å². The molecular formula is C21H32O4. The molecule has 0 aliphatic carbocycles. The Morgan fingerprint density at radius 3 is 2.48 bits per heavy atom. The van der Waals surface area contributed by atoms with E-state index in [4.69, 9.17) is 14.2 Å². The van der Waals surface area contributed by atoms with E-state index in [0.29, 0.717) is 19.6 Å². The molecule has 4 nitrogen and oxygen atoms in total. The predicted molar refractivity (Wildman–Crippen MR) is 100 cm³/mol. The van der Waals surface area contributed by atoms with E-state index in [-0.39, 0.29) is 36.4 Å². The topological polar surface area (TPSA) is 44.8 Å². The SMILES string of the molecule is C=CC[C@@H](C)C(=O)[C@@H](C)[C@H](OCOC)[C@H](C)COCc1ccccc1. The van der Waals surface area contributed by atoms with Gasteiger partial charge in [-0.25, -0.2) is 0 Å². The summed E-state index contributed by atoms with van der Waals surface area (Å²) in [5.41, 5.74) is 1.13. The van der Waals surface area contributed by atoms with Gasteiger partial charge in [-0.05, 0) is 12.0 Å². The average Bonchev–Trinajstić information content (AvgIpc) is 2.62. The van der Waals surface area contributed by atoms with E-state index in [0.717, 1.165) is 5.56 Å². The molecule has 0 aromatic heterocycles. The molecule has 1 aromatic carbocycles. The molecule has 0 unspecified atom stereocenters. The van der Waals surface area contributed by atoms with E-state index in [1.54, 1.807) is 13.2 Å². The number of rotatable bonds is 13. The summed E-state index contributed by atoms with van der Waals surface area (Å²) in [6.45, 7) is 10.9. The Balaban J connectivity index is 2.62. The second-order valence-electron chi connectivity index (χ2n) is 6.63. The lowest BCUT2D eigenvalue weighted by atomic mass is 9.84. The fourth-order valence-electron chi connectivity index (χ4n) is 2.96. The van der Waals surface area contributed by atoms with Gasteiger partial charge in [0.05, 0.1) is 19.3 Å². The molecule has 0 heterocycles. The Labute approximate surface area is 152 Å². The highest BCUT2D eigenvalue weighted by atomic mass is 16.7. The number of Topliss-reactive ketones (excluding diaryl/α,β-unsaturated/α-hetero) is 1. The van der Waals surface area contributed by atoms with E-state index in [1.165, 1.54) is 0 Å². The Kier molecular flexibility index (Phi) is 10.3. The van der Waals surface area contributed by atoms with Gasteiger partial charge in [0.1, 0.15) is 12.6 Å². The third-order valence-electron chi connectivity index (χ3n) is 4.38. The number of benzene rings is 1. The van der Waals surface area contributed by atoms with Crippen molar-refractivity contribution in [1.82, 2.24) is 0 Å². The number of ether oxygens (including phenoxy) is 3. The molecule has 0 amide bonds. The Morgan fingerprint density at radius 1 is 1.20 bits per heavy atom. The van der Waals surface area contributed by atoms with Gasteiger partial charge in [-0.15, -0.1) is 6.58 Å². The third kappa shape index (κ3) is 7.51. The van der Waals surface area contributed by atoms with Gasteiger partial charge in [-0.1, -0.05) is 57.2 Å². The van der Waals surface area contributed by atoms with Crippen LogP contribution in [0.2, 0.25) is 0 Å². The fraction of sp³-hybridized carbons (Fsp3) is 0.571. The van der Waals surface area contributed by atoms with Gasteiger partial charge in [0.2, 0.25) is 0 Å². The molecule has 1 aromatic rings. The largest absolute Gasteiger partial charge is 0.376 e. The van der Waals surface area contributed by atoms with Crippen LogP contribution in [-0.4, -0.2) is 32.4 Å². The first kappa shape index (κ1) is 21.6. The second kappa shape index (κ2) is 12.0. The zero-order valence-corrected chi connectivity index (χ0v) is 15.9. The summed E-state index contributed by atoms with van der Waals surface area (Å²) in [4.78, 5) is 12.6. The lowest BCUT2D eigenvalue weighted by molar-refractivity contribution is -0.145. The molecule has 0 saturated carbocycles. The highest BCUT2D eigenvalue weighted by Gasteiger charge is 2.31. The van der Waals surface area contributed by atoms with Crippen LogP contribution in [-0.2, 0) is 25.6 Å². The Hall–Kier alpha value is -1.49. The van der Waals surface area contributed by atoms with E-state index < -0.39 is 0 Å². The molecule has 0 fully saturated rings. The van der Waals surface area contributed by atoms with E-state index in [9.17, 15) is 4.79 Å². The summed E-state index contributed by atoms with van der Waals surface area (Å²) in [7, 11) is 1.58. The maximum atomic E-state index is 12.6. The Bertz CT molecular complexity index is 500. The maximum absolute atomic E-state index is 12.6. The molecule has 4 atom stereocenters. The minimum atomic E-state index is -0.240. The van der Waals surface area contributed by atoms with Gasteiger partial charge in [0.25, 0.3) is 0 Å². The monoisotopic (exact) mass is 348 g/mol. The number of allylic oxidation sites excluding steroid dienone is 1. The first-order chi connectivity index (χ1) is 12.0. The van der Waals surface area contributed by atoms with Gasteiger partial charge in [-0.2, -0.15) is 0 Å². The van der Waals surface area contributed by atoms with Crippen LogP contribution in [0, 0.1) is 17.8 Å². The standard InChI is InChI=1S/C21H32O4/c1-6-10-16(2)20(22)18(4)21(25-15-23-5)17(3)13-24-14-19-11-8-7-9-12-19/h6-9,11-12,16-18,21H,1,10,13-15H2,2-5H3/t16-,17-,18-,21-/m1/s1. The number of methoxy groups -OCH3 is 1. The molecule has 140 valence electrons. The van der Waals surface area contributed by atoms with Gasteiger partial charge in [0, 0.05) is 24.9 Å². The molecule has 0 aliphatic rings. The summed E-state index contributed by atoms with van der Waals surface area (Å²) in [5.74, 6) is -0.0105. The molecule has 0 aliphatic heterocycles. The molecule has 0 saturated heterocycles. The summed E-state index contributed by atoms with van der Waals surface area (Å²) in [5, 5.41) is 0. The van der Waals surface area contributed by atoms with Crippen molar-refractivity contribution in [2.24, 2.45) is 17.8 Å². The number of carbonyl (C=O) groups excluding carboxylic acids is 1. The lowest BCUT2D eigenvalue weighted by Crippen LogP contribution is -2.38. The summed E-state index contributed by atoms with van der Waals surface area (Å²) < 4.78 is 16.7. The van der Waals surface area contributed by atoms with Crippen molar-refractivity contribution in [2.75, 3.05) is 20.5 Å². The summed E-state index contributed by atoms with van der Waals surface area (Å²) in [6, 6.07) is 10.0. The first-order valence-electron chi connectivity index (χ1n) is 8.88. The minimum absolute atomic E-state index is 0.0569. The molecule has 0 bridgehead atoms. The van der Waals surface area contributed by atoms with Gasteiger partial charge < -0.3 is 14.2 Å². The number of ketones is 1. The van der Waals surface area contributed by atoms with Gasteiger partial charge in [-0.3, -0.25) is 4.79 Å². The van der Waals surface area contributed by atoms with Crippen molar-refractivity contribution in [2.45, 2.75) is 39.9 Å². The minimum Gasteiger partial charge on any atom is -0.376 e. The van der Waals surface area contributed by atoms with E-state index >= 15 is 0 Å². The Morgan fingerprint density at radius 2 is 1.88 bits per heavy atom. The van der Waals surface area contributed by atoms with Crippen LogP contribution >= 0.6 is 0 Å². The lowest BCUT2D eigenvalue weighted by Gasteiger charge is -2.30. The molecule has 0 N–H and O–H groups in total. The summed E-state index contributed by atoms with van der Waals surface area (Å²) in [6.07, 6.45) is 2.22. The second-order valence-corrected chi connectivity index (χ2v) is 6.63. The number of hydrogen-bond donors (Lipinski definition) is 0. The highest BCUT2D eigenvalue weighted by molar-refractivity contribution is 5.83.